The predicted molar refractivity (Wildman–Crippen MR) is 74.6 cm³/mol. The Morgan fingerprint density at radius 3 is 2.56 bits per heavy atom. The minimum absolute atomic E-state index is 0.322. The molecule has 0 radical (unpaired) electrons. The van der Waals surface area contributed by atoms with Gasteiger partial charge in [-0.15, -0.1) is 0 Å². The van der Waals surface area contributed by atoms with Crippen molar-refractivity contribution in [2.24, 2.45) is 0 Å². The summed E-state index contributed by atoms with van der Waals surface area (Å²) in [5.41, 5.74) is 4.08. The average Bonchev–Trinajstić information content (AvgIpc) is 2.82. The first kappa shape index (κ1) is 12.8. The number of aryl methyl sites for hydroxylation is 2. The second kappa shape index (κ2) is 5.83. The number of rotatable bonds is 5. The van der Waals surface area contributed by atoms with E-state index in [-0.39, 0.29) is 0 Å². The van der Waals surface area contributed by atoms with Gasteiger partial charge in [0, 0.05) is 24.9 Å². The van der Waals surface area contributed by atoms with Crippen molar-refractivity contribution in [1.29, 1.82) is 0 Å². The molecule has 3 heteroatoms. The predicted octanol–water partition coefficient (Wildman–Crippen LogP) is 2.92. The number of likely N-dealkylation sites (N-methyl/N-ethyl adjacent to an activating group) is 1. The van der Waals surface area contributed by atoms with Crippen molar-refractivity contribution in [1.82, 2.24) is 15.3 Å². The summed E-state index contributed by atoms with van der Waals surface area (Å²) < 4.78 is 0. The van der Waals surface area contributed by atoms with Crippen LogP contribution < -0.4 is 5.32 Å². The van der Waals surface area contributed by atoms with Gasteiger partial charge < -0.3 is 10.3 Å². The zero-order valence-electron chi connectivity index (χ0n) is 11.3. The van der Waals surface area contributed by atoms with Gasteiger partial charge in [0.15, 0.2) is 0 Å². The van der Waals surface area contributed by atoms with E-state index in [1.54, 1.807) is 0 Å². The summed E-state index contributed by atoms with van der Waals surface area (Å²) in [6.45, 7) is 7.45. The van der Waals surface area contributed by atoms with Crippen molar-refractivity contribution in [3.63, 3.8) is 0 Å². The van der Waals surface area contributed by atoms with E-state index >= 15 is 0 Å². The van der Waals surface area contributed by atoms with Gasteiger partial charge in [-0.1, -0.05) is 25.1 Å². The van der Waals surface area contributed by atoms with E-state index < -0.39 is 0 Å². The highest BCUT2D eigenvalue weighted by molar-refractivity contribution is 5.36. The standard InChI is InChI=1S/C15H21N3/c1-4-16-13(10-14-17-8-9-18-14)15-11(2)6-5-7-12(15)3/h5-9,13,16H,4,10H2,1-3H3,(H,17,18). The summed E-state index contributed by atoms with van der Waals surface area (Å²) in [6, 6.07) is 6.79. The number of imidazole rings is 1. The number of hydrogen-bond acceptors (Lipinski definition) is 2. The van der Waals surface area contributed by atoms with Crippen molar-refractivity contribution >= 4 is 0 Å². The van der Waals surface area contributed by atoms with E-state index in [2.05, 4.69) is 54.3 Å². The van der Waals surface area contributed by atoms with E-state index in [1.807, 2.05) is 12.4 Å². The smallest absolute Gasteiger partial charge is 0.107 e. The van der Waals surface area contributed by atoms with Crippen molar-refractivity contribution < 1.29 is 0 Å². The monoisotopic (exact) mass is 243 g/mol. The zero-order chi connectivity index (χ0) is 13.0. The number of H-pyrrole nitrogens is 1. The molecule has 2 N–H and O–H groups in total. The maximum absolute atomic E-state index is 4.33. The topological polar surface area (TPSA) is 40.7 Å². The molecule has 2 aromatic rings. The second-order valence-corrected chi connectivity index (χ2v) is 4.66. The van der Waals surface area contributed by atoms with Crippen LogP contribution in [0.15, 0.2) is 30.6 Å². The van der Waals surface area contributed by atoms with Crippen LogP contribution in [-0.2, 0) is 6.42 Å². The number of aromatic amines is 1. The van der Waals surface area contributed by atoms with E-state index in [0.29, 0.717) is 6.04 Å². The van der Waals surface area contributed by atoms with Crippen molar-refractivity contribution in [3.8, 4) is 0 Å². The molecule has 0 aliphatic rings. The summed E-state index contributed by atoms with van der Waals surface area (Å²) >= 11 is 0. The van der Waals surface area contributed by atoms with E-state index in [1.165, 1.54) is 16.7 Å². The van der Waals surface area contributed by atoms with E-state index in [0.717, 1.165) is 18.8 Å². The van der Waals surface area contributed by atoms with Gasteiger partial charge in [0.05, 0.1) is 0 Å². The highest BCUT2D eigenvalue weighted by Crippen LogP contribution is 2.24. The van der Waals surface area contributed by atoms with Gasteiger partial charge in [0.25, 0.3) is 0 Å². The van der Waals surface area contributed by atoms with Gasteiger partial charge >= 0.3 is 0 Å². The molecule has 18 heavy (non-hydrogen) atoms. The molecule has 0 fully saturated rings. The molecule has 0 bridgehead atoms. The lowest BCUT2D eigenvalue weighted by Gasteiger charge is -2.21. The fourth-order valence-corrected chi connectivity index (χ4v) is 2.50. The molecule has 0 aliphatic heterocycles. The van der Waals surface area contributed by atoms with Crippen LogP contribution in [0.3, 0.4) is 0 Å². The van der Waals surface area contributed by atoms with Crippen LogP contribution in [0.4, 0.5) is 0 Å². The molecule has 3 nitrogen and oxygen atoms in total. The fourth-order valence-electron chi connectivity index (χ4n) is 2.50. The Morgan fingerprint density at radius 2 is 2.00 bits per heavy atom. The fraction of sp³-hybridized carbons (Fsp3) is 0.400. The molecule has 0 aliphatic carbocycles. The van der Waals surface area contributed by atoms with Gasteiger partial charge in [0.2, 0.25) is 0 Å². The van der Waals surface area contributed by atoms with Crippen LogP contribution in [0.25, 0.3) is 0 Å². The lowest BCUT2D eigenvalue weighted by molar-refractivity contribution is 0.534. The van der Waals surface area contributed by atoms with E-state index in [9.17, 15) is 0 Å². The molecule has 1 aromatic carbocycles. The first-order chi connectivity index (χ1) is 8.72. The number of aromatic nitrogens is 2. The van der Waals surface area contributed by atoms with Crippen LogP contribution in [0, 0.1) is 13.8 Å². The number of hydrogen-bond donors (Lipinski definition) is 2. The number of nitrogens with zero attached hydrogens (tertiary/aromatic N) is 1. The first-order valence-electron chi connectivity index (χ1n) is 6.50. The molecular weight excluding hydrogens is 222 g/mol. The minimum Gasteiger partial charge on any atom is -0.349 e. The maximum atomic E-state index is 4.33. The summed E-state index contributed by atoms with van der Waals surface area (Å²) in [5, 5.41) is 3.56. The Labute approximate surface area is 109 Å². The largest absolute Gasteiger partial charge is 0.349 e. The third-order valence-corrected chi connectivity index (χ3v) is 3.29. The molecule has 96 valence electrons. The van der Waals surface area contributed by atoms with Gasteiger partial charge in [0.1, 0.15) is 5.82 Å². The highest BCUT2D eigenvalue weighted by atomic mass is 14.9. The Kier molecular flexibility index (Phi) is 4.15. The summed E-state index contributed by atoms with van der Waals surface area (Å²) in [7, 11) is 0. The number of nitrogens with one attached hydrogen (secondary N) is 2. The van der Waals surface area contributed by atoms with Crippen LogP contribution >= 0.6 is 0 Å². The van der Waals surface area contributed by atoms with Gasteiger partial charge in [-0.25, -0.2) is 4.98 Å². The van der Waals surface area contributed by atoms with Crippen LogP contribution in [0.2, 0.25) is 0 Å². The van der Waals surface area contributed by atoms with Gasteiger partial charge in [-0.3, -0.25) is 0 Å². The molecule has 0 saturated carbocycles. The second-order valence-electron chi connectivity index (χ2n) is 4.66. The molecule has 1 unspecified atom stereocenters. The Balaban J connectivity index is 2.29. The molecule has 1 heterocycles. The lowest BCUT2D eigenvalue weighted by atomic mass is 9.94. The molecule has 1 aromatic heterocycles. The van der Waals surface area contributed by atoms with Crippen LogP contribution in [-0.4, -0.2) is 16.5 Å². The summed E-state index contributed by atoms with van der Waals surface area (Å²) in [6.07, 6.45) is 4.58. The molecular formula is C15H21N3. The lowest BCUT2D eigenvalue weighted by Crippen LogP contribution is -2.25. The third-order valence-electron chi connectivity index (χ3n) is 3.29. The van der Waals surface area contributed by atoms with E-state index in [4.69, 9.17) is 0 Å². The molecule has 1 atom stereocenters. The third kappa shape index (κ3) is 2.79. The average molecular weight is 243 g/mol. The molecule has 0 amide bonds. The quantitative estimate of drug-likeness (QED) is 0.847. The molecule has 2 rings (SSSR count). The Bertz CT molecular complexity index is 468. The normalized spacial score (nSPS) is 12.6. The number of benzene rings is 1. The van der Waals surface area contributed by atoms with Gasteiger partial charge in [-0.2, -0.15) is 0 Å². The minimum atomic E-state index is 0.322. The zero-order valence-corrected chi connectivity index (χ0v) is 11.3. The molecule has 0 spiro atoms. The summed E-state index contributed by atoms with van der Waals surface area (Å²) in [5.74, 6) is 1.03. The van der Waals surface area contributed by atoms with Crippen molar-refractivity contribution in [2.45, 2.75) is 33.2 Å². The van der Waals surface area contributed by atoms with Gasteiger partial charge in [-0.05, 0) is 37.1 Å². The maximum Gasteiger partial charge on any atom is 0.107 e. The van der Waals surface area contributed by atoms with Crippen LogP contribution in [0.1, 0.15) is 35.5 Å². The van der Waals surface area contributed by atoms with Crippen molar-refractivity contribution in [3.05, 3.63) is 53.1 Å². The SMILES string of the molecule is CCNC(Cc1ncc[nH]1)c1c(C)cccc1C. The first-order valence-corrected chi connectivity index (χ1v) is 6.50. The van der Waals surface area contributed by atoms with Crippen molar-refractivity contribution in [2.75, 3.05) is 6.54 Å². The Morgan fingerprint density at radius 1 is 1.28 bits per heavy atom. The highest BCUT2D eigenvalue weighted by Gasteiger charge is 2.16. The van der Waals surface area contributed by atoms with Crippen LogP contribution in [0.5, 0.6) is 0 Å². The molecule has 0 saturated heterocycles. The Hall–Kier alpha value is -1.61. The summed E-state index contributed by atoms with van der Waals surface area (Å²) in [4.78, 5) is 7.51.